The Morgan fingerprint density at radius 2 is 2.00 bits per heavy atom. The van der Waals surface area contributed by atoms with E-state index < -0.39 is 5.76 Å². The van der Waals surface area contributed by atoms with E-state index in [2.05, 4.69) is 19.9 Å². The fourth-order valence-electron chi connectivity index (χ4n) is 4.05. The van der Waals surface area contributed by atoms with Gasteiger partial charge in [0, 0.05) is 5.02 Å². The summed E-state index contributed by atoms with van der Waals surface area (Å²) in [5.41, 5.74) is 1.68. The SMILES string of the molecule is [C-]#[N+]c1cc(C)c2c(=O)n(Cc3nn(C4CC(c5ccc(Cl)cc5)C4)c(=O)o3)cnc2n1. The van der Waals surface area contributed by atoms with Crippen LogP contribution in [0.2, 0.25) is 5.02 Å². The van der Waals surface area contributed by atoms with Crippen LogP contribution in [-0.4, -0.2) is 24.3 Å². The number of aryl methyl sites for hydroxylation is 1. The van der Waals surface area contributed by atoms with E-state index in [1.54, 1.807) is 13.0 Å². The Balaban J connectivity index is 1.37. The highest BCUT2D eigenvalue weighted by molar-refractivity contribution is 6.30. The van der Waals surface area contributed by atoms with Gasteiger partial charge >= 0.3 is 5.76 Å². The largest absolute Gasteiger partial charge is 0.437 e. The van der Waals surface area contributed by atoms with Gasteiger partial charge in [0.05, 0.1) is 6.04 Å². The summed E-state index contributed by atoms with van der Waals surface area (Å²) < 4.78 is 7.98. The van der Waals surface area contributed by atoms with E-state index in [-0.39, 0.29) is 35.5 Å². The van der Waals surface area contributed by atoms with Crippen LogP contribution in [0.15, 0.2) is 50.7 Å². The molecular weight excluding hydrogens is 432 g/mol. The quantitative estimate of drug-likeness (QED) is 0.442. The average molecular weight is 449 g/mol. The van der Waals surface area contributed by atoms with Crippen LogP contribution in [0.1, 0.15) is 41.8 Å². The number of nitrogens with zero attached hydrogens (tertiary/aromatic N) is 6. The van der Waals surface area contributed by atoms with Crippen molar-refractivity contribution < 1.29 is 4.42 Å². The highest BCUT2D eigenvalue weighted by Crippen LogP contribution is 2.43. The molecule has 0 radical (unpaired) electrons. The predicted molar refractivity (Wildman–Crippen MR) is 117 cm³/mol. The molecule has 5 rings (SSSR count). The Kier molecular flexibility index (Phi) is 4.87. The van der Waals surface area contributed by atoms with Gasteiger partial charge in [-0.05, 0) is 55.0 Å². The van der Waals surface area contributed by atoms with Gasteiger partial charge in [0.15, 0.2) is 0 Å². The zero-order chi connectivity index (χ0) is 22.4. The van der Waals surface area contributed by atoms with Crippen LogP contribution >= 0.6 is 11.6 Å². The van der Waals surface area contributed by atoms with Crippen molar-refractivity contribution in [1.29, 1.82) is 0 Å². The third kappa shape index (κ3) is 3.48. The van der Waals surface area contributed by atoms with Gasteiger partial charge in [-0.25, -0.2) is 4.79 Å². The molecule has 0 spiro atoms. The molecule has 0 saturated heterocycles. The minimum Gasteiger partial charge on any atom is -0.390 e. The minimum atomic E-state index is -0.541. The number of hydrogen-bond donors (Lipinski definition) is 0. The van der Waals surface area contributed by atoms with Crippen molar-refractivity contribution in [2.45, 2.75) is 38.3 Å². The van der Waals surface area contributed by atoms with E-state index in [9.17, 15) is 9.59 Å². The molecule has 0 atom stereocenters. The van der Waals surface area contributed by atoms with Crippen molar-refractivity contribution in [1.82, 2.24) is 24.3 Å². The molecule has 0 N–H and O–H groups in total. The summed E-state index contributed by atoms with van der Waals surface area (Å²) in [5.74, 6) is 0.117. The second kappa shape index (κ2) is 7.73. The molecule has 1 saturated carbocycles. The maximum atomic E-state index is 12.9. The number of halogens is 1. The van der Waals surface area contributed by atoms with Crippen LogP contribution in [-0.2, 0) is 6.54 Å². The summed E-state index contributed by atoms with van der Waals surface area (Å²) in [4.78, 5) is 36.8. The lowest BCUT2D eigenvalue weighted by Gasteiger charge is -2.34. The average Bonchev–Trinajstić information content (AvgIpc) is 3.09. The molecule has 1 aliphatic rings. The first kappa shape index (κ1) is 20.2. The molecule has 160 valence electrons. The van der Waals surface area contributed by atoms with Gasteiger partial charge in [0.2, 0.25) is 5.89 Å². The number of hydrogen-bond acceptors (Lipinski definition) is 6. The van der Waals surface area contributed by atoms with Crippen LogP contribution in [0.3, 0.4) is 0 Å². The van der Waals surface area contributed by atoms with Crippen LogP contribution in [0, 0.1) is 13.5 Å². The monoisotopic (exact) mass is 448 g/mol. The number of benzene rings is 1. The predicted octanol–water partition coefficient (Wildman–Crippen LogP) is 3.62. The number of pyridine rings is 1. The fourth-order valence-corrected chi connectivity index (χ4v) is 4.18. The second-order valence-corrected chi connectivity index (χ2v) is 8.30. The maximum Gasteiger partial charge on any atom is 0.437 e. The summed E-state index contributed by atoms with van der Waals surface area (Å²) in [7, 11) is 0. The second-order valence-electron chi connectivity index (χ2n) is 7.87. The molecule has 0 amide bonds. The molecule has 4 aromatic rings. The Morgan fingerprint density at radius 1 is 1.25 bits per heavy atom. The first-order valence-corrected chi connectivity index (χ1v) is 10.4. The normalized spacial score (nSPS) is 17.8. The summed E-state index contributed by atoms with van der Waals surface area (Å²) in [5, 5.41) is 5.33. The summed E-state index contributed by atoms with van der Waals surface area (Å²) in [6.45, 7) is 8.81. The van der Waals surface area contributed by atoms with Crippen molar-refractivity contribution in [3.05, 3.63) is 91.0 Å². The topological polar surface area (TPSA) is 100 Å². The summed E-state index contributed by atoms with van der Waals surface area (Å²) >= 11 is 5.95. The molecule has 3 heterocycles. The molecule has 32 heavy (non-hydrogen) atoms. The van der Waals surface area contributed by atoms with Gasteiger partial charge in [0.25, 0.3) is 17.0 Å². The van der Waals surface area contributed by atoms with Gasteiger partial charge in [-0.1, -0.05) is 35.3 Å². The lowest BCUT2D eigenvalue weighted by molar-refractivity contribution is 0.233. The van der Waals surface area contributed by atoms with Crippen molar-refractivity contribution >= 4 is 28.5 Å². The van der Waals surface area contributed by atoms with Crippen LogP contribution in [0.25, 0.3) is 15.9 Å². The Morgan fingerprint density at radius 3 is 2.72 bits per heavy atom. The molecular formula is C22H17ClN6O3. The summed E-state index contributed by atoms with van der Waals surface area (Å²) in [6.07, 6.45) is 2.88. The van der Waals surface area contributed by atoms with E-state index in [1.165, 1.54) is 21.1 Å². The fraction of sp³-hybridized carbons (Fsp3) is 0.273. The van der Waals surface area contributed by atoms with E-state index in [0.717, 1.165) is 12.8 Å². The van der Waals surface area contributed by atoms with E-state index >= 15 is 0 Å². The molecule has 3 aromatic heterocycles. The molecule has 0 aliphatic heterocycles. The Bertz CT molecular complexity index is 1490. The van der Waals surface area contributed by atoms with Crippen molar-refractivity contribution in [3.8, 4) is 0 Å². The lowest BCUT2D eigenvalue weighted by Crippen LogP contribution is -2.31. The summed E-state index contributed by atoms with van der Waals surface area (Å²) in [6, 6.07) is 9.21. The Labute approximate surface area is 186 Å². The highest BCUT2D eigenvalue weighted by Gasteiger charge is 2.34. The van der Waals surface area contributed by atoms with Gasteiger partial charge in [-0.2, -0.15) is 9.67 Å². The number of rotatable bonds is 4. The molecule has 1 aromatic carbocycles. The molecule has 0 unspecified atom stereocenters. The van der Waals surface area contributed by atoms with Crippen LogP contribution < -0.4 is 11.3 Å². The third-order valence-corrected chi connectivity index (χ3v) is 6.06. The molecule has 10 heteroatoms. The smallest absolute Gasteiger partial charge is 0.390 e. The van der Waals surface area contributed by atoms with Gasteiger partial charge in [0.1, 0.15) is 18.3 Å². The third-order valence-electron chi connectivity index (χ3n) is 5.81. The maximum absolute atomic E-state index is 12.9. The Hall–Kier alpha value is -3.77. The highest BCUT2D eigenvalue weighted by atomic mass is 35.5. The van der Waals surface area contributed by atoms with E-state index in [0.29, 0.717) is 21.9 Å². The van der Waals surface area contributed by atoms with Crippen molar-refractivity contribution in [2.75, 3.05) is 0 Å². The van der Waals surface area contributed by atoms with Crippen LogP contribution in [0.5, 0.6) is 0 Å². The number of fused-ring (bicyclic) bond motifs is 1. The first-order valence-electron chi connectivity index (χ1n) is 10.0. The van der Waals surface area contributed by atoms with E-state index in [4.69, 9.17) is 22.6 Å². The van der Waals surface area contributed by atoms with Crippen LogP contribution in [0.4, 0.5) is 5.82 Å². The zero-order valence-electron chi connectivity index (χ0n) is 17.0. The van der Waals surface area contributed by atoms with Gasteiger partial charge in [-0.3, -0.25) is 9.36 Å². The minimum absolute atomic E-state index is 0.0264. The van der Waals surface area contributed by atoms with Gasteiger partial charge in [-0.15, -0.1) is 5.10 Å². The lowest BCUT2D eigenvalue weighted by atomic mass is 9.76. The first-order chi connectivity index (χ1) is 15.4. The van der Waals surface area contributed by atoms with Crippen molar-refractivity contribution in [2.24, 2.45) is 0 Å². The zero-order valence-corrected chi connectivity index (χ0v) is 17.8. The number of aromatic nitrogens is 5. The standard InChI is InChI=1S/C22H17ClN6O3/c1-12-7-17(24-2)26-20-19(12)21(30)28(11-25-20)10-18-27-29(22(31)32-18)16-8-14(9-16)13-3-5-15(23)6-4-13/h3-7,11,14,16H,8-10H2,1H3. The van der Waals surface area contributed by atoms with Gasteiger partial charge < -0.3 is 9.26 Å². The molecule has 1 fully saturated rings. The van der Waals surface area contributed by atoms with Crippen molar-refractivity contribution in [3.63, 3.8) is 0 Å². The van der Waals surface area contributed by atoms with E-state index in [1.807, 2.05) is 24.3 Å². The molecule has 0 bridgehead atoms. The molecule has 1 aliphatic carbocycles. The molecule has 9 nitrogen and oxygen atoms in total.